The minimum absolute atomic E-state index is 0.0849. The zero-order valence-electron chi connectivity index (χ0n) is 10.5. The largest absolute Gasteiger partial charge is 0.392 e. The van der Waals surface area contributed by atoms with Crippen LogP contribution >= 0.6 is 0 Å². The molecular weight excluding hydrogens is 222 g/mol. The summed E-state index contributed by atoms with van der Waals surface area (Å²) in [5, 5.41) is 9.49. The number of nitrogens with zero attached hydrogens (tertiary/aromatic N) is 1. The van der Waals surface area contributed by atoms with E-state index < -0.39 is 0 Å². The maximum Gasteiger partial charge on any atom is 0.0702 e. The highest BCUT2D eigenvalue weighted by atomic mass is 16.3. The van der Waals surface area contributed by atoms with Crippen molar-refractivity contribution in [3.8, 4) is 0 Å². The minimum Gasteiger partial charge on any atom is -0.392 e. The van der Waals surface area contributed by atoms with E-state index in [0.717, 1.165) is 17.7 Å². The van der Waals surface area contributed by atoms with E-state index in [4.69, 9.17) is 0 Å². The maximum absolute atomic E-state index is 9.49. The average Bonchev–Trinajstić information content (AvgIpc) is 2.74. The van der Waals surface area contributed by atoms with Crippen molar-refractivity contribution in [3.05, 3.63) is 59.7 Å². The Morgan fingerprint density at radius 2 is 1.72 bits per heavy atom. The van der Waals surface area contributed by atoms with Gasteiger partial charge in [-0.15, -0.1) is 0 Å². The van der Waals surface area contributed by atoms with Crippen LogP contribution in [-0.2, 0) is 13.0 Å². The van der Waals surface area contributed by atoms with Gasteiger partial charge in [0.2, 0.25) is 0 Å². The highest BCUT2D eigenvalue weighted by Crippen LogP contribution is 2.39. The number of para-hydroxylation sites is 2. The SMILES string of the molecule is CC1Cc2ccccc2N1c1ccccc1CO. The molecule has 1 aliphatic rings. The quantitative estimate of drug-likeness (QED) is 0.869. The molecule has 1 N–H and O–H groups in total. The second-order valence-electron chi connectivity index (χ2n) is 4.84. The Hall–Kier alpha value is -1.80. The predicted octanol–water partition coefficient (Wildman–Crippen LogP) is 3.26. The van der Waals surface area contributed by atoms with Gasteiger partial charge >= 0.3 is 0 Å². The monoisotopic (exact) mass is 239 g/mol. The molecule has 3 rings (SSSR count). The molecule has 0 aliphatic carbocycles. The summed E-state index contributed by atoms with van der Waals surface area (Å²) in [7, 11) is 0. The number of rotatable bonds is 2. The molecule has 1 unspecified atom stereocenters. The molecule has 0 aromatic heterocycles. The summed E-state index contributed by atoms with van der Waals surface area (Å²) in [6, 6.07) is 17.0. The van der Waals surface area contributed by atoms with Crippen LogP contribution in [0.2, 0.25) is 0 Å². The molecule has 0 radical (unpaired) electrons. The number of aliphatic hydroxyl groups is 1. The first kappa shape index (κ1) is 11.3. The van der Waals surface area contributed by atoms with Crippen LogP contribution < -0.4 is 4.90 Å². The van der Waals surface area contributed by atoms with Gasteiger partial charge in [-0.1, -0.05) is 36.4 Å². The Bertz CT molecular complexity index is 565. The number of hydrogen-bond acceptors (Lipinski definition) is 2. The lowest BCUT2D eigenvalue weighted by molar-refractivity contribution is 0.282. The molecule has 1 aliphatic heterocycles. The van der Waals surface area contributed by atoms with E-state index in [-0.39, 0.29) is 6.61 Å². The number of anilines is 2. The van der Waals surface area contributed by atoms with Gasteiger partial charge in [0.1, 0.15) is 0 Å². The van der Waals surface area contributed by atoms with E-state index in [1.807, 2.05) is 18.2 Å². The van der Waals surface area contributed by atoms with Gasteiger partial charge in [0.05, 0.1) is 6.61 Å². The number of hydrogen-bond donors (Lipinski definition) is 1. The van der Waals surface area contributed by atoms with Crippen LogP contribution in [-0.4, -0.2) is 11.1 Å². The van der Waals surface area contributed by atoms with Crippen molar-refractivity contribution in [2.45, 2.75) is 26.0 Å². The Labute approximate surface area is 107 Å². The van der Waals surface area contributed by atoms with Crippen molar-refractivity contribution in [2.24, 2.45) is 0 Å². The fourth-order valence-corrected chi connectivity index (χ4v) is 2.81. The van der Waals surface area contributed by atoms with Crippen molar-refractivity contribution in [1.82, 2.24) is 0 Å². The summed E-state index contributed by atoms with van der Waals surface area (Å²) < 4.78 is 0. The van der Waals surface area contributed by atoms with E-state index in [9.17, 15) is 5.11 Å². The number of fused-ring (bicyclic) bond motifs is 1. The molecule has 2 heteroatoms. The molecule has 0 bridgehead atoms. The average molecular weight is 239 g/mol. The third-order valence-electron chi connectivity index (χ3n) is 3.63. The molecule has 2 aromatic carbocycles. The zero-order valence-corrected chi connectivity index (χ0v) is 10.5. The first-order chi connectivity index (χ1) is 8.81. The second kappa shape index (κ2) is 4.46. The van der Waals surface area contributed by atoms with Crippen LogP contribution in [0.4, 0.5) is 11.4 Å². The van der Waals surface area contributed by atoms with Gasteiger partial charge in [-0.3, -0.25) is 0 Å². The highest BCUT2D eigenvalue weighted by Gasteiger charge is 2.27. The lowest BCUT2D eigenvalue weighted by Crippen LogP contribution is -2.24. The van der Waals surface area contributed by atoms with Gasteiger partial charge in [-0.05, 0) is 31.0 Å². The number of benzene rings is 2. The molecule has 0 fully saturated rings. The minimum atomic E-state index is 0.0849. The molecule has 0 saturated carbocycles. The summed E-state index contributed by atoms with van der Waals surface area (Å²) in [6.07, 6.45) is 1.07. The zero-order chi connectivity index (χ0) is 12.5. The van der Waals surface area contributed by atoms with Crippen molar-refractivity contribution in [1.29, 1.82) is 0 Å². The standard InChI is InChI=1S/C16H17NO/c1-12-10-13-6-2-4-8-15(13)17(12)16-9-5-3-7-14(16)11-18/h2-9,12,18H,10-11H2,1H3. The van der Waals surface area contributed by atoms with Gasteiger partial charge in [0, 0.05) is 23.0 Å². The normalized spacial score (nSPS) is 17.9. The fourth-order valence-electron chi connectivity index (χ4n) is 2.81. The Morgan fingerprint density at radius 1 is 1.06 bits per heavy atom. The molecule has 18 heavy (non-hydrogen) atoms. The molecule has 92 valence electrons. The van der Waals surface area contributed by atoms with Crippen molar-refractivity contribution >= 4 is 11.4 Å². The topological polar surface area (TPSA) is 23.5 Å². The van der Waals surface area contributed by atoms with Crippen molar-refractivity contribution in [3.63, 3.8) is 0 Å². The van der Waals surface area contributed by atoms with E-state index in [1.165, 1.54) is 11.3 Å². The lowest BCUT2D eigenvalue weighted by Gasteiger charge is -2.27. The van der Waals surface area contributed by atoms with Crippen LogP contribution in [0.15, 0.2) is 48.5 Å². The van der Waals surface area contributed by atoms with E-state index in [2.05, 4.69) is 42.2 Å². The second-order valence-corrected chi connectivity index (χ2v) is 4.84. The fraction of sp³-hybridized carbons (Fsp3) is 0.250. The van der Waals surface area contributed by atoms with Crippen molar-refractivity contribution < 1.29 is 5.11 Å². The molecule has 1 heterocycles. The van der Waals surface area contributed by atoms with Crippen LogP contribution in [0, 0.1) is 0 Å². The molecule has 0 spiro atoms. The van der Waals surface area contributed by atoms with Gasteiger partial charge < -0.3 is 10.0 Å². The van der Waals surface area contributed by atoms with Crippen LogP contribution in [0.3, 0.4) is 0 Å². The summed E-state index contributed by atoms with van der Waals surface area (Å²) in [6.45, 7) is 2.32. The maximum atomic E-state index is 9.49. The summed E-state index contributed by atoms with van der Waals surface area (Å²) in [5.74, 6) is 0. The van der Waals surface area contributed by atoms with Crippen LogP contribution in [0.25, 0.3) is 0 Å². The summed E-state index contributed by atoms with van der Waals surface area (Å²) in [5.41, 5.74) is 4.77. The summed E-state index contributed by atoms with van der Waals surface area (Å²) >= 11 is 0. The summed E-state index contributed by atoms with van der Waals surface area (Å²) in [4.78, 5) is 2.33. The Balaban J connectivity index is 2.12. The van der Waals surface area contributed by atoms with Crippen LogP contribution in [0.5, 0.6) is 0 Å². The molecule has 0 saturated heterocycles. The third-order valence-corrected chi connectivity index (χ3v) is 3.63. The van der Waals surface area contributed by atoms with Gasteiger partial charge in [-0.25, -0.2) is 0 Å². The lowest BCUT2D eigenvalue weighted by atomic mass is 10.1. The molecule has 0 amide bonds. The van der Waals surface area contributed by atoms with Gasteiger partial charge in [0.25, 0.3) is 0 Å². The number of aliphatic hydroxyl groups excluding tert-OH is 1. The predicted molar refractivity (Wildman–Crippen MR) is 74.1 cm³/mol. The smallest absolute Gasteiger partial charge is 0.0702 e. The van der Waals surface area contributed by atoms with Crippen LogP contribution in [0.1, 0.15) is 18.1 Å². The molecule has 2 nitrogen and oxygen atoms in total. The third kappa shape index (κ3) is 1.70. The first-order valence-corrected chi connectivity index (χ1v) is 6.37. The van der Waals surface area contributed by atoms with E-state index in [0.29, 0.717) is 6.04 Å². The van der Waals surface area contributed by atoms with E-state index >= 15 is 0 Å². The van der Waals surface area contributed by atoms with Gasteiger partial charge in [-0.2, -0.15) is 0 Å². The molecular formula is C16H17NO. The Morgan fingerprint density at radius 3 is 2.50 bits per heavy atom. The Kier molecular flexibility index (Phi) is 2.80. The van der Waals surface area contributed by atoms with Gasteiger partial charge in [0.15, 0.2) is 0 Å². The molecule has 2 aromatic rings. The molecule has 1 atom stereocenters. The first-order valence-electron chi connectivity index (χ1n) is 6.37. The highest BCUT2D eigenvalue weighted by molar-refractivity contribution is 5.73. The van der Waals surface area contributed by atoms with E-state index in [1.54, 1.807) is 0 Å². The van der Waals surface area contributed by atoms with Crippen molar-refractivity contribution in [2.75, 3.05) is 4.90 Å².